The highest BCUT2D eigenvalue weighted by atomic mass is 35.5. The average molecular weight is 467 g/mol. The molecule has 1 aliphatic rings. The zero-order valence-corrected chi connectivity index (χ0v) is 20.3. The molecular weight excluding hydrogens is 436 g/mol. The van der Waals surface area contributed by atoms with Crippen LogP contribution in [0.5, 0.6) is 0 Å². The van der Waals surface area contributed by atoms with Crippen molar-refractivity contribution in [2.45, 2.75) is 58.4 Å². The molecule has 0 aliphatic heterocycles. The summed E-state index contributed by atoms with van der Waals surface area (Å²) in [6.07, 6.45) is 4.83. The average Bonchev–Trinajstić information content (AvgIpc) is 3.24. The second kappa shape index (κ2) is 9.56. The van der Waals surface area contributed by atoms with E-state index in [9.17, 15) is 9.59 Å². The molecule has 0 bridgehead atoms. The second-order valence-corrected chi connectivity index (χ2v) is 9.29. The van der Waals surface area contributed by atoms with Crippen LogP contribution >= 0.6 is 11.6 Å². The van der Waals surface area contributed by atoms with Crippen LogP contribution in [0.15, 0.2) is 36.4 Å². The van der Waals surface area contributed by atoms with E-state index in [0.717, 1.165) is 54.5 Å². The first-order chi connectivity index (χ1) is 15.9. The second-order valence-electron chi connectivity index (χ2n) is 8.85. The molecule has 6 nitrogen and oxygen atoms in total. The first kappa shape index (κ1) is 23.3. The van der Waals surface area contributed by atoms with Crippen molar-refractivity contribution in [1.29, 1.82) is 0 Å². The van der Waals surface area contributed by atoms with E-state index < -0.39 is 5.54 Å². The van der Waals surface area contributed by atoms with Gasteiger partial charge in [-0.1, -0.05) is 30.9 Å². The zero-order chi connectivity index (χ0) is 23.6. The number of rotatable bonds is 6. The van der Waals surface area contributed by atoms with Gasteiger partial charge in [-0.2, -0.15) is 0 Å². The van der Waals surface area contributed by atoms with Crippen LogP contribution in [-0.4, -0.2) is 39.8 Å². The molecule has 1 fully saturated rings. The number of amides is 2. The van der Waals surface area contributed by atoms with Gasteiger partial charge < -0.3 is 15.2 Å². The number of halogens is 1. The van der Waals surface area contributed by atoms with E-state index in [-0.39, 0.29) is 11.8 Å². The molecule has 0 saturated heterocycles. The van der Waals surface area contributed by atoms with Crippen molar-refractivity contribution in [1.82, 2.24) is 20.2 Å². The molecule has 0 spiro atoms. The van der Waals surface area contributed by atoms with Crippen molar-refractivity contribution in [3.05, 3.63) is 63.9 Å². The third-order valence-corrected chi connectivity index (χ3v) is 6.96. The molecule has 1 heterocycles. The number of carbonyl (C=O) groups is 2. The molecule has 174 valence electrons. The molecule has 0 radical (unpaired) electrons. The Morgan fingerprint density at radius 3 is 2.48 bits per heavy atom. The number of aryl methyl sites for hydroxylation is 1. The Kier molecular flexibility index (Phi) is 6.75. The van der Waals surface area contributed by atoms with Gasteiger partial charge in [0.25, 0.3) is 11.8 Å². The van der Waals surface area contributed by atoms with E-state index in [1.54, 1.807) is 23.1 Å². The molecule has 4 rings (SSSR count). The molecule has 1 aliphatic carbocycles. The fourth-order valence-electron chi connectivity index (χ4n) is 4.80. The summed E-state index contributed by atoms with van der Waals surface area (Å²) in [6, 6.07) is 10.9. The number of benzene rings is 2. The molecule has 2 aromatic carbocycles. The molecule has 33 heavy (non-hydrogen) atoms. The predicted octanol–water partition coefficient (Wildman–Crippen LogP) is 5.60. The van der Waals surface area contributed by atoms with Gasteiger partial charge in [0.15, 0.2) is 0 Å². The van der Waals surface area contributed by atoms with Gasteiger partial charge in [0.1, 0.15) is 5.82 Å². The molecular formula is C26H31ClN4O2. The first-order valence-electron chi connectivity index (χ1n) is 11.7. The smallest absolute Gasteiger partial charge is 0.254 e. The quantitative estimate of drug-likeness (QED) is 0.496. The number of aromatic nitrogens is 2. The summed E-state index contributed by atoms with van der Waals surface area (Å²) in [5.41, 5.74) is 3.14. The lowest BCUT2D eigenvalue weighted by Crippen LogP contribution is -2.48. The molecule has 1 aromatic heterocycles. The Morgan fingerprint density at radius 2 is 1.82 bits per heavy atom. The molecule has 3 aromatic rings. The monoisotopic (exact) mass is 466 g/mol. The highest BCUT2D eigenvalue weighted by Crippen LogP contribution is 2.37. The van der Waals surface area contributed by atoms with Gasteiger partial charge in [0.05, 0.1) is 16.6 Å². The summed E-state index contributed by atoms with van der Waals surface area (Å²) in [7, 11) is 0. The maximum absolute atomic E-state index is 13.4. The third-order valence-electron chi connectivity index (χ3n) is 6.73. The fraction of sp³-hybridized carbons (Fsp3) is 0.423. The molecule has 2 N–H and O–H groups in total. The number of hydrogen-bond acceptors (Lipinski definition) is 3. The number of H-pyrrole nitrogens is 1. The molecule has 0 atom stereocenters. The van der Waals surface area contributed by atoms with Crippen molar-refractivity contribution in [2.75, 3.05) is 13.1 Å². The topological polar surface area (TPSA) is 78.1 Å². The minimum atomic E-state index is -0.551. The third kappa shape index (κ3) is 4.62. The van der Waals surface area contributed by atoms with Crippen LogP contribution in [-0.2, 0) is 5.54 Å². The fourth-order valence-corrected chi connectivity index (χ4v) is 4.97. The number of nitrogens with zero attached hydrogens (tertiary/aromatic N) is 2. The van der Waals surface area contributed by atoms with Crippen LogP contribution in [0.1, 0.15) is 78.1 Å². The highest BCUT2D eigenvalue weighted by molar-refractivity contribution is 6.31. The largest absolute Gasteiger partial charge is 0.340 e. The van der Waals surface area contributed by atoms with E-state index in [0.29, 0.717) is 29.2 Å². The number of aromatic amines is 1. The lowest BCUT2D eigenvalue weighted by Gasteiger charge is -2.36. The summed E-state index contributed by atoms with van der Waals surface area (Å²) in [4.78, 5) is 36.1. The van der Waals surface area contributed by atoms with E-state index in [1.165, 1.54) is 0 Å². The van der Waals surface area contributed by atoms with E-state index in [4.69, 9.17) is 16.6 Å². The minimum absolute atomic E-state index is 0.00542. The van der Waals surface area contributed by atoms with Crippen LogP contribution in [0.2, 0.25) is 5.02 Å². The van der Waals surface area contributed by atoms with Gasteiger partial charge in [0.2, 0.25) is 0 Å². The first-order valence-corrected chi connectivity index (χ1v) is 12.1. The van der Waals surface area contributed by atoms with Crippen LogP contribution in [0.3, 0.4) is 0 Å². The molecule has 7 heteroatoms. The summed E-state index contributed by atoms with van der Waals surface area (Å²) < 4.78 is 0. The number of hydrogen-bond donors (Lipinski definition) is 2. The Morgan fingerprint density at radius 1 is 1.09 bits per heavy atom. The lowest BCUT2D eigenvalue weighted by atomic mass is 9.80. The summed E-state index contributed by atoms with van der Waals surface area (Å²) in [5, 5.41) is 3.95. The van der Waals surface area contributed by atoms with Crippen molar-refractivity contribution in [2.24, 2.45) is 0 Å². The maximum atomic E-state index is 13.4. The van der Waals surface area contributed by atoms with Gasteiger partial charge in [-0.25, -0.2) is 4.98 Å². The van der Waals surface area contributed by atoms with Crippen LogP contribution < -0.4 is 5.32 Å². The Bertz CT molecular complexity index is 1180. The number of imidazole rings is 1. The molecule has 1 saturated carbocycles. The van der Waals surface area contributed by atoms with E-state index in [2.05, 4.69) is 10.3 Å². The van der Waals surface area contributed by atoms with Crippen LogP contribution in [0, 0.1) is 6.92 Å². The van der Waals surface area contributed by atoms with Gasteiger partial charge in [-0.05, 0) is 75.6 Å². The van der Waals surface area contributed by atoms with Crippen molar-refractivity contribution >= 4 is 34.4 Å². The Labute approximate surface area is 199 Å². The summed E-state index contributed by atoms with van der Waals surface area (Å²) in [6.45, 7) is 7.12. The van der Waals surface area contributed by atoms with Gasteiger partial charge in [-0.3, -0.25) is 9.59 Å². The minimum Gasteiger partial charge on any atom is -0.340 e. The molecule has 2 amide bonds. The Hall–Kier alpha value is -2.86. The zero-order valence-electron chi connectivity index (χ0n) is 19.5. The van der Waals surface area contributed by atoms with Crippen LogP contribution in [0.4, 0.5) is 0 Å². The van der Waals surface area contributed by atoms with Crippen molar-refractivity contribution in [3.8, 4) is 0 Å². The number of fused-ring (bicyclic) bond motifs is 1. The SMILES string of the molecule is CCN(CC)C(=O)c1ccc(C(=O)NC2(c3nc4ccc(Cl)cc4[nH]3)CCCCC2)cc1C. The maximum Gasteiger partial charge on any atom is 0.254 e. The van der Waals surface area contributed by atoms with Gasteiger partial charge in [0, 0.05) is 29.2 Å². The standard InChI is InChI=1S/C26H31ClN4O2/c1-4-31(5-2)24(33)20-11-9-18(15-17(20)3)23(32)30-26(13-7-6-8-14-26)25-28-21-12-10-19(27)16-22(21)29-25/h9-12,15-16H,4-8,13-14H2,1-3H3,(H,28,29)(H,30,32). The Balaban J connectivity index is 1.62. The number of carbonyl (C=O) groups excluding carboxylic acids is 2. The summed E-state index contributed by atoms with van der Waals surface area (Å²) >= 11 is 6.16. The summed E-state index contributed by atoms with van der Waals surface area (Å²) in [5.74, 6) is 0.618. The number of nitrogens with one attached hydrogen (secondary N) is 2. The van der Waals surface area contributed by atoms with Gasteiger partial charge in [-0.15, -0.1) is 0 Å². The van der Waals surface area contributed by atoms with Gasteiger partial charge >= 0.3 is 0 Å². The predicted molar refractivity (Wildman–Crippen MR) is 132 cm³/mol. The van der Waals surface area contributed by atoms with Crippen molar-refractivity contribution < 1.29 is 9.59 Å². The van der Waals surface area contributed by atoms with Crippen molar-refractivity contribution in [3.63, 3.8) is 0 Å². The normalized spacial score (nSPS) is 15.4. The van der Waals surface area contributed by atoms with Crippen LogP contribution in [0.25, 0.3) is 11.0 Å². The van der Waals surface area contributed by atoms with E-state index >= 15 is 0 Å². The highest BCUT2D eigenvalue weighted by Gasteiger charge is 2.38. The van der Waals surface area contributed by atoms with E-state index in [1.807, 2.05) is 39.0 Å². The molecule has 0 unspecified atom stereocenters. The lowest BCUT2D eigenvalue weighted by molar-refractivity contribution is 0.0770.